The molecule has 0 aliphatic heterocycles. The summed E-state index contributed by atoms with van der Waals surface area (Å²) < 4.78 is 11.0. The van der Waals surface area contributed by atoms with E-state index in [0.717, 1.165) is 0 Å². The first-order valence-corrected chi connectivity index (χ1v) is 6.77. The largest absolute Gasteiger partial charge is 0.481 e. The van der Waals surface area contributed by atoms with Gasteiger partial charge in [-0.05, 0) is 37.3 Å². The highest BCUT2D eigenvalue weighted by Gasteiger charge is 2.17. The van der Waals surface area contributed by atoms with Crippen LogP contribution in [0.1, 0.15) is 18.9 Å². The van der Waals surface area contributed by atoms with Crippen LogP contribution in [0.4, 0.5) is 0 Å². The molecule has 0 saturated carbocycles. The van der Waals surface area contributed by atoms with Gasteiger partial charge >= 0.3 is 0 Å². The van der Waals surface area contributed by atoms with Gasteiger partial charge in [0.15, 0.2) is 6.10 Å². The van der Waals surface area contributed by atoms with E-state index in [2.05, 4.69) is 15.1 Å². The maximum Gasteiger partial charge on any atom is 0.267 e. The Morgan fingerprint density at radius 1 is 1.19 bits per heavy atom. The summed E-state index contributed by atoms with van der Waals surface area (Å²) in [5.74, 6) is 1.47. The quantitative estimate of drug-likeness (QED) is 0.731. The van der Waals surface area contributed by atoms with Gasteiger partial charge in [-0.25, -0.2) is 0 Å². The Bertz CT molecular complexity index is 731. The van der Waals surface area contributed by atoms with Crippen LogP contribution in [0, 0.1) is 0 Å². The van der Waals surface area contributed by atoms with E-state index in [4.69, 9.17) is 20.9 Å². The first-order valence-electron chi connectivity index (χ1n) is 6.39. The fraction of sp³-hybridized carbons (Fsp3) is 0.133. The maximum atomic E-state index is 5.92. The zero-order valence-corrected chi connectivity index (χ0v) is 12.0. The maximum absolute atomic E-state index is 5.92. The number of hydrogen-bond acceptors (Lipinski definition) is 5. The van der Waals surface area contributed by atoms with Gasteiger partial charge in [-0.15, -0.1) is 0 Å². The highest BCUT2D eigenvalue weighted by atomic mass is 35.5. The molecule has 0 aliphatic carbocycles. The Kier molecular flexibility index (Phi) is 3.83. The molecule has 2 heterocycles. The number of halogens is 1. The summed E-state index contributed by atoms with van der Waals surface area (Å²) in [6.07, 6.45) is 1.30. The lowest BCUT2D eigenvalue weighted by Crippen LogP contribution is -2.03. The second-order valence-electron chi connectivity index (χ2n) is 4.39. The fourth-order valence-electron chi connectivity index (χ4n) is 1.79. The Balaban J connectivity index is 1.77. The Morgan fingerprint density at radius 2 is 2.10 bits per heavy atom. The first-order chi connectivity index (χ1) is 10.2. The molecule has 0 bridgehead atoms. The van der Waals surface area contributed by atoms with Crippen LogP contribution >= 0.6 is 11.6 Å². The molecule has 0 radical (unpaired) electrons. The van der Waals surface area contributed by atoms with Gasteiger partial charge in [-0.3, -0.25) is 4.98 Å². The Morgan fingerprint density at radius 3 is 2.86 bits per heavy atom. The number of hydrogen-bond donors (Lipinski definition) is 0. The van der Waals surface area contributed by atoms with E-state index < -0.39 is 0 Å². The van der Waals surface area contributed by atoms with Crippen molar-refractivity contribution in [2.24, 2.45) is 0 Å². The molecule has 0 aliphatic rings. The molecule has 0 unspecified atom stereocenters. The summed E-state index contributed by atoms with van der Waals surface area (Å²) in [5.41, 5.74) is 0.655. The van der Waals surface area contributed by atoms with E-state index in [1.54, 1.807) is 18.3 Å². The highest BCUT2D eigenvalue weighted by molar-refractivity contribution is 6.30. The van der Waals surface area contributed by atoms with Gasteiger partial charge in [0, 0.05) is 11.2 Å². The molecule has 0 amide bonds. The average Bonchev–Trinajstić information content (AvgIpc) is 2.98. The molecule has 5 nitrogen and oxygen atoms in total. The lowest BCUT2D eigenvalue weighted by atomic mass is 10.3. The van der Waals surface area contributed by atoms with E-state index in [0.29, 0.717) is 28.2 Å². The average molecular weight is 302 g/mol. The monoisotopic (exact) mass is 301 g/mol. The second-order valence-corrected chi connectivity index (χ2v) is 4.83. The summed E-state index contributed by atoms with van der Waals surface area (Å²) in [6.45, 7) is 1.83. The van der Waals surface area contributed by atoms with Crippen molar-refractivity contribution in [1.82, 2.24) is 15.1 Å². The third-order valence-electron chi connectivity index (χ3n) is 2.79. The van der Waals surface area contributed by atoms with E-state index >= 15 is 0 Å². The standard InChI is InChI=1S/C15H12ClN3O2/c1-10(20-12-6-4-5-11(16)9-12)15-18-14(19-21-15)13-7-2-3-8-17-13/h2-10H,1H3/t10-/m1/s1. The SMILES string of the molecule is C[C@@H](Oc1cccc(Cl)c1)c1nc(-c2ccccn2)no1. The number of nitrogens with zero attached hydrogens (tertiary/aromatic N) is 3. The van der Waals surface area contributed by atoms with Gasteiger partial charge in [0.25, 0.3) is 5.89 Å². The zero-order chi connectivity index (χ0) is 14.7. The normalized spacial score (nSPS) is 12.1. The van der Waals surface area contributed by atoms with Crippen molar-refractivity contribution >= 4 is 11.6 Å². The van der Waals surface area contributed by atoms with Crippen molar-refractivity contribution in [2.75, 3.05) is 0 Å². The van der Waals surface area contributed by atoms with Crippen molar-refractivity contribution in [3.8, 4) is 17.3 Å². The van der Waals surface area contributed by atoms with Crippen molar-refractivity contribution in [3.05, 3.63) is 59.6 Å². The Hall–Kier alpha value is -2.40. The molecule has 3 rings (SSSR count). The van der Waals surface area contributed by atoms with Crippen molar-refractivity contribution in [3.63, 3.8) is 0 Å². The van der Waals surface area contributed by atoms with E-state index in [1.165, 1.54) is 0 Å². The minimum atomic E-state index is -0.381. The topological polar surface area (TPSA) is 61.0 Å². The zero-order valence-electron chi connectivity index (χ0n) is 11.2. The van der Waals surface area contributed by atoms with E-state index in [1.807, 2.05) is 37.3 Å². The molecule has 3 aromatic rings. The summed E-state index contributed by atoms with van der Waals surface area (Å²) in [4.78, 5) is 8.47. The number of pyridine rings is 1. The molecule has 106 valence electrons. The molecule has 2 aromatic heterocycles. The molecule has 1 aromatic carbocycles. The van der Waals surface area contributed by atoms with Gasteiger partial charge in [0.2, 0.25) is 5.82 Å². The summed E-state index contributed by atoms with van der Waals surface area (Å²) in [5, 5.41) is 4.52. The molecule has 6 heteroatoms. The molecule has 0 saturated heterocycles. The third kappa shape index (κ3) is 3.20. The van der Waals surface area contributed by atoms with Crippen molar-refractivity contribution < 1.29 is 9.26 Å². The number of ether oxygens (including phenoxy) is 1. The number of benzene rings is 1. The minimum Gasteiger partial charge on any atom is -0.481 e. The molecule has 0 spiro atoms. The molecular formula is C15H12ClN3O2. The molecule has 21 heavy (non-hydrogen) atoms. The van der Waals surface area contributed by atoms with Crippen molar-refractivity contribution in [1.29, 1.82) is 0 Å². The van der Waals surface area contributed by atoms with E-state index in [9.17, 15) is 0 Å². The van der Waals surface area contributed by atoms with Crippen LogP contribution in [0.15, 0.2) is 53.2 Å². The molecule has 0 fully saturated rings. The first kappa shape index (κ1) is 13.6. The summed E-state index contributed by atoms with van der Waals surface area (Å²) >= 11 is 5.92. The molecule has 1 atom stereocenters. The van der Waals surface area contributed by atoms with Crippen LogP contribution in [0.25, 0.3) is 11.5 Å². The lowest BCUT2D eigenvalue weighted by Gasteiger charge is -2.10. The lowest BCUT2D eigenvalue weighted by molar-refractivity contribution is 0.176. The summed E-state index contributed by atoms with van der Waals surface area (Å²) in [6, 6.07) is 12.7. The van der Waals surface area contributed by atoms with Gasteiger partial charge in [-0.2, -0.15) is 4.98 Å². The van der Waals surface area contributed by atoms with Gasteiger partial charge in [0.1, 0.15) is 11.4 Å². The number of rotatable bonds is 4. The van der Waals surface area contributed by atoms with Crippen LogP contribution in [-0.2, 0) is 0 Å². The fourth-order valence-corrected chi connectivity index (χ4v) is 1.97. The van der Waals surface area contributed by atoms with Crippen LogP contribution < -0.4 is 4.74 Å². The predicted molar refractivity (Wildman–Crippen MR) is 78.0 cm³/mol. The third-order valence-corrected chi connectivity index (χ3v) is 3.03. The molecular weight excluding hydrogens is 290 g/mol. The van der Waals surface area contributed by atoms with Crippen molar-refractivity contribution in [2.45, 2.75) is 13.0 Å². The van der Waals surface area contributed by atoms with Crippen LogP contribution in [0.2, 0.25) is 5.02 Å². The minimum absolute atomic E-state index is 0.381. The van der Waals surface area contributed by atoms with Crippen LogP contribution in [0.3, 0.4) is 0 Å². The van der Waals surface area contributed by atoms with Gasteiger partial charge in [0.05, 0.1) is 0 Å². The summed E-state index contributed by atoms with van der Waals surface area (Å²) in [7, 11) is 0. The highest BCUT2D eigenvalue weighted by Crippen LogP contribution is 2.24. The second kappa shape index (κ2) is 5.93. The predicted octanol–water partition coefficient (Wildman–Crippen LogP) is 3.93. The van der Waals surface area contributed by atoms with Crippen LogP contribution in [-0.4, -0.2) is 15.1 Å². The van der Waals surface area contributed by atoms with Gasteiger partial charge in [-0.1, -0.05) is 28.9 Å². The Labute approximate surface area is 126 Å². The van der Waals surface area contributed by atoms with Crippen LogP contribution in [0.5, 0.6) is 5.75 Å². The smallest absolute Gasteiger partial charge is 0.267 e. The molecule has 0 N–H and O–H groups in total. The van der Waals surface area contributed by atoms with Gasteiger partial charge < -0.3 is 9.26 Å². The number of aromatic nitrogens is 3. The van der Waals surface area contributed by atoms with E-state index in [-0.39, 0.29) is 6.10 Å².